The maximum absolute atomic E-state index is 13.3. The number of halogens is 1. The molecule has 5 rings (SSSR count). The van der Waals surface area contributed by atoms with Gasteiger partial charge in [-0.15, -0.1) is 5.10 Å². The molecule has 0 radical (unpaired) electrons. The van der Waals surface area contributed by atoms with Gasteiger partial charge in [0.25, 0.3) is 11.8 Å². The molecule has 0 unspecified atom stereocenters. The van der Waals surface area contributed by atoms with Gasteiger partial charge in [-0.3, -0.25) is 9.59 Å². The first-order valence-corrected chi connectivity index (χ1v) is 11.4. The van der Waals surface area contributed by atoms with Crippen molar-refractivity contribution in [2.24, 2.45) is 0 Å². The van der Waals surface area contributed by atoms with Crippen molar-refractivity contribution in [2.75, 3.05) is 19.6 Å². The molecule has 4 aromatic rings. The zero-order valence-electron chi connectivity index (χ0n) is 19.2. The number of fused-ring (bicyclic) bond motifs is 1. The van der Waals surface area contributed by atoms with Gasteiger partial charge in [0, 0.05) is 35.6 Å². The zero-order chi connectivity index (χ0) is 24.0. The highest BCUT2D eigenvalue weighted by atomic mass is 35.5. The average molecular weight is 478 g/mol. The second-order valence-electron chi connectivity index (χ2n) is 9.04. The summed E-state index contributed by atoms with van der Waals surface area (Å²) in [6.07, 6.45) is 1.50. The molecule has 2 aromatic carbocycles. The number of amides is 2. The number of benzene rings is 2. The number of rotatable bonds is 3. The van der Waals surface area contributed by atoms with E-state index in [-0.39, 0.29) is 17.6 Å². The molecule has 0 bridgehead atoms. The van der Waals surface area contributed by atoms with Gasteiger partial charge in [-0.1, -0.05) is 35.9 Å². The van der Waals surface area contributed by atoms with Crippen molar-refractivity contribution in [3.05, 3.63) is 77.0 Å². The minimum Gasteiger partial charge on any atom is -0.451 e. The number of piperazine rings is 1. The van der Waals surface area contributed by atoms with Gasteiger partial charge in [-0.25, -0.2) is 9.67 Å². The molecule has 0 aliphatic carbocycles. The Morgan fingerprint density at radius 1 is 1.06 bits per heavy atom. The molecule has 1 aliphatic rings. The van der Waals surface area contributed by atoms with Gasteiger partial charge in [-0.05, 0) is 45.0 Å². The lowest BCUT2D eigenvalue weighted by Gasteiger charge is -2.46. The van der Waals surface area contributed by atoms with Gasteiger partial charge in [0.15, 0.2) is 5.76 Å². The predicted molar refractivity (Wildman–Crippen MR) is 128 cm³/mol. The number of nitrogens with zero attached hydrogens (tertiary/aromatic N) is 5. The molecule has 8 nitrogen and oxygen atoms in total. The number of furan rings is 1. The Morgan fingerprint density at radius 3 is 2.59 bits per heavy atom. The summed E-state index contributed by atoms with van der Waals surface area (Å²) in [6.45, 7) is 6.88. The van der Waals surface area contributed by atoms with Crippen molar-refractivity contribution in [2.45, 2.75) is 26.3 Å². The van der Waals surface area contributed by atoms with Gasteiger partial charge < -0.3 is 14.2 Å². The zero-order valence-corrected chi connectivity index (χ0v) is 19.9. The Morgan fingerprint density at radius 2 is 1.85 bits per heavy atom. The van der Waals surface area contributed by atoms with E-state index in [0.29, 0.717) is 36.0 Å². The van der Waals surface area contributed by atoms with E-state index in [0.717, 1.165) is 16.6 Å². The standard InChI is InChI=1S/C25H24ClN5O3/c1-16-19-9-4-5-10-20(19)34-21(16)23(32)29-11-12-30(25(2,3)14-29)24(33)22-27-15-31(28-22)18-8-6-7-17(26)13-18/h4-10,13,15H,11-12,14H2,1-3H3. The van der Waals surface area contributed by atoms with Crippen LogP contribution in [0.2, 0.25) is 5.02 Å². The molecule has 2 amide bonds. The monoisotopic (exact) mass is 477 g/mol. The van der Waals surface area contributed by atoms with Crippen molar-refractivity contribution in [1.82, 2.24) is 24.6 Å². The molecule has 9 heteroatoms. The molecule has 2 aromatic heterocycles. The second-order valence-corrected chi connectivity index (χ2v) is 9.48. The average Bonchev–Trinajstić information content (AvgIpc) is 3.43. The Labute approximate surface area is 201 Å². The van der Waals surface area contributed by atoms with Crippen LogP contribution in [-0.4, -0.2) is 61.6 Å². The van der Waals surface area contributed by atoms with Crippen molar-refractivity contribution < 1.29 is 14.0 Å². The van der Waals surface area contributed by atoms with Crippen molar-refractivity contribution >= 4 is 34.4 Å². The van der Waals surface area contributed by atoms with Crippen molar-refractivity contribution in [3.63, 3.8) is 0 Å². The third kappa shape index (κ3) is 3.84. The smallest absolute Gasteiger partial charge is 0.294 e. The van der Waals surface area contributed by atoms with Crippen LogP contribution in [0.15, 0.2) is 59.3 Å². The van der Waals surface area contributed by atoms with Crippen LogP contribution in [0.4, 0.5) is 0 Å². The quantitative estimate of drug-likeness (QED) is 0.438. The summed E-state index contributed by atoms with van der Waals surface area (Å²) in [5.41, 5.74) is 1.62. The highest BCUT2D eigenvalue weighted by molar-refractivity contribution is 6.30. The number of hydrogen-bond acceptors (Lipinski definition) is 5. The second kappa shape index (κ2) is 8.29. The molecule has 1 saturated heterocycles. The summed E-state index contributed by atoms with van der Waals surface area (Å²) in [5.74, 6) is -0.00492. The highest BCUT2D eigenvalue weighted by Crippen LogP contribution is 2.29. The van der Waals surface area contributed by atoms with E-state index in [2.05, 4.69) is 10.1 Å². The van der Waals surface area contributed by atoms with E-state index in [1.807, 2.05) is 57.2 Å². The summed E-state index contributed by atoms with van der Waals surface area (Å²) in [5, 5.41) is 5.86. The first-order valence-electron chi connectivity index (χ1n) is 11.0. The van der Waals surface area contributed by atoms with Gasteiger partial charge in [0.2, 0.25) is 5.82 Å². The molecule has 1 fully saturated rings. The molecular formula is C25H24ClN5O3. The number of aryl methyl sites for hydroxylation is 1. The van der Waals surface area contributed by atoms with E-state index >= 15 is 0 Å². The third-order valence-corrected chi connectivity index (χ3v) is 6.46. The molecule has 0 atom stereocenters. The Hall–Kier alpha value is -3.65. The van der Waals surface area contributed by atoms with Crippen LogP contribution in [0.5, 0.6) is 0 Å². The van der Waals surface area contributed by atoms with E-state index in [4.69, 9.17) is 16.0 Å². The number of para-hydroxylation sites is 1. The minimum absolute atomic E-state index is 0.0981. The van der Waals surface area contributed by atoms with Crippen LogP contribution in [0.25, 0.3) is 16.7 Å². The van der Waals surface area contributed by atoms with Crippen molar-refractivity contribution in [1.29, 1.82) is 0 Å². The van der Waals surface area contributed by atoms with E-state index in [9.17, 15) is 9.59 Å². The molecule has 34 heavy (non-hydrogen) atoms. The van der Waals surface area contributed by atoms with Gasteiger partial charge in [0.05, 0.1) is 11.2 Å². The lowest BCUT2D eigenvalue weighted by atomic mass is 9.98. The molecule has 3 heterocycles. The SMILES string of the molecule is Cc1c(C(=O)N2CCN(C(=O)c3ncn(-c4cccc(Cl)c4)n3)C(C)(C)C2)oc2ccccc12. The van der Waals surface area contributed by atoms with Crippen molar-refractivity contribution in [3.8, 4) is 5.69 Å². The highest BCUT2D eigenvalue weighted by Gasteiger charge is 2.40. The molecule has 0 saturated carbocycles. The summed E-state index contributed by atoms with van der Waals surface area (Å²) in [6, 6.07) is 14.8. The molecular weight excluding hydrogens is 454 g/mol. The summed E-state index contributed by atoms with van der Waals surface area (Å²) in [7, 11) is 0. The normalized spacial score (nSPS) is 15.6. The summed E-state index contributed by atoms with van der Waals surface area (Å²) < 4.78 is 7.40. The maximum atomic E-state index is 13.3. The largest absolute Gasteiger partial charge is 0.451 e. The maximum Gasteiger partial charge on any atom is 0.294 e. The third-order valence-electron chi connectivity index (χ3n) is 6.23. The minimum atomic E-state index is -0.619. The summed E-state index contributed by atoms with van der Waals surface area (Å²) >= 11 is 6.06. The topological polar surface area (TPSA) is 84.5 Å². The first kappa shape index (κ1) is 22.2. The van der Waals surface area contributed by atoms with Crippen LogP contribution < -0.4 is 0 Å². The fourth-order valence-corrected chi connectivity index (χ4v) is 4.64. The molecule has 0 spiro atoms. The Kier molecular flexibility index (Phi) is 5.40. The lowest BCUT2D eigenvalue weighted by Crippen LogP contribution is -2.62. The Balaban J connectivity index is 1.34. The number of carbonyl (C=O) groups is 2. The molecule has 1 aliphatic heterocycles. The number of hydrogen-bond donors (Lipinski definition) is 0. The van der Waals surface area contributed by atoms with Crippen LogP contribution in [0.3, 0.4) is 0 Å². The first-order chi connectivity index (χ1) is 16.2. The van der Waals surface area contributed by atoms with E-state index in [1.165, 1.54) is 11.0 Å². The fraction of sp³-hybridized carbons (Fsp3) is 0.280. The van der Waals surface area contributed by atoms with E-state index in [1.54, 1.807) is 21.9 Å². The van der Waals surface area contributed by atoms with Crippen LogP contribution in [0.1, 0.15) is 40.6 Å². The van der Waals surface area contributed by atoms with Gasteiger partial charge >= 0.3 is 0 Å². The predicted octanol–water partition coefficient (Wildman–Crippen LogP) is 4.35. The number of aromatic nitrogens is 3. The summed E-state index contributed by atoms with van der Waals surface area (Å²) in [4.78, 5) is 34.3. The Bertz CT molecular complexity index is 1410. The van der Waals surface area contributed by atoms with Crippen LogP contribution >= 0.6 is 11.6 Å². The molecule has 0 N–H and O–H groups in total. The van der Waals surface area contributed by atoms with Crippen LogP contribution in [-0.2, 0) is 0 Å². The van der Waals surface area contributed by atoms with Gasteiger partial charge in [-0.2, -0.15) is 0 Å². The van der Waals surface area contributed by atoms with Crippen LogP contribution in [0, 0.1) is 6.92 Å². The fourth-order valence-electron chi connectivity index (χ4n) is 4.45. The molecule has 174 valence electrons. The van der Waals surface area contributed by atoms with Gasteiger partial charge in [0.1, 0.15) is 11.9 Å². The lowest BCUT2D eigenvalue weighted by molar-refractivity contribution is 0.0149. The van der Waals surface area contributed by atoms with E-state index < -0.39 is 5.54 Å². The number of carbonyl (C=O) groups excluding carboxylic acids is 2.